The van der Waals surface area contributed by atoms with E-state index in [1.807, 2.05) is 36.4 Å². The number of benzene rings is 2. The lowest BCUT2D eigenvalue weighted by Gasteiger charge is -2.18. The van der Waals surface area contributed by atoms with Crippen LogP contribution in [0.2, 0.25) is 0 Å². The van der Waals surface area contributed by atoms with Crippen LogP contribution in [0.15, 0.2) is 48.5 Å². The Hall–Kier alpha value is -2.49. The molecule has 4 nitrogen and oxygen atoms in total. The van der Waals surface area contributed by atoms with Crippen LogP contribution in [0.1, 0.15) is 15.9 Å². The van der Waals surface area contributed by atoms with E-state index in [1.165, 1.54) is 0 Å². The number of para-hydroxylation sites is 1. The van der Waals surface area contributed by atoms with E-state index in [0.717, 1.165) is 17.7 Å². The molecule has 116 valence electrons. The summed E-state index contributed by atoms with van der Waals surface area (Å²) in [6, 6.07) is 15.1. The molecule has 0 saturated heterocycles. The molecule has 0 radical (unpaired) electrons. The largest absolute Gasteiger partial charge is 0.497 e. The smallest absolute Gasteiger partial charge is 0.253 e. The van der Waals surface area contributed by atoms with E-state index < -0.39 is 0 Å². The number of carbonyl (C=O) groups is 1. The van der Waals surface area contributed by atoms with Crippen molar-refractivity contribution in [2.75, 3.05) is 27.8 Å². The highest BCUT2D eigenvalue weighted by Crippen LogP contribution is 2.19. The van der Waals surface area contributed by atoms with Crippen molar-refractivity contribution in [2.24, 2.45) is 0 Å². The number of methoxy groups -OCH3 is 2. The van der Waals surface area contributed by atoms with Crippen molar-refractivity contribution in [2.45, 2.75) is 6.42 Å². The third kappa shape index (κ3) is 3.79. The molecule has 0 aliphatic carbocycles. The molecule has 0 N–H and O–H groups in total. The Morgan fingerprint density at radius 2 is 1.82 bits per heavy atom. The first kappa shape index (κ1) is 15.9. The molecule has 0 saturated carbocycles. The van der Waals surface area contributed by atoms with E-state index >= 15 is 0 Å². The quantitative estimate of drug-likeness (QED) is 0.823. The SMILES string of the molecule is COc1cccc(C(=O)N(C)CCc2ccccc2OC)c1. The van der Waals surface area contributed by atoms with Crippen LogP contribution in [-0.2, 0) is 6.42 Å². The van der Waals surface area contributed by atoms with Crippen LogP contribution in [-0.4, -0.2) is 38.6 Å². The molecule has 2 aromatic rings. The number of nitrogens with zero attached hydrogens (tertiary/aromatic N) is 1. The number of amides is 1. The fraction of sp³-hybridized carbons (Fsp3) is 0.278. The van der Waals surface area contributed by atoms with Gasteiger partial charge in [-0.05, 0) is 36.2 Å². The Morgan fingerprint density at radius 3 is 2.55 bits per heavy atom. The molecule has 0 bridgehead atoms. The molecule has 0 aromatic heterocycles. The van der Waals surface area contributed by atoms with Gasteiger partial charge in [-0.3, -0.25) is 4.79 Å². The third-order valence-electron chi connectivity index (χ3n) is 3.57. The van der Waals surface area contributed by atoms with Gasteiger partial charge in [-0.25, -0.2) is 0 Å². The van der Waals surface area contributed by atoms with Crippen molar-refractivity contribution >= 4 is 5.91 Å². The summed E-state index contributed by atoms with van der Waals surface area (Å²) in [5.41, 5.74) is 1.72. The molecule has 0 atom stereocenters. The minimum absolute atomic E-state index is 0.0196. The number of ether oxygens (including phenoxy) is 2. The standard InChI is InChI=1S/C18H21NO3/c1-19(12-11-14-7-4-5-10-17(14)22-3)18(20)15-8-6-9-16(13-15)21-2/h4-10,13H,11-12H2,1-3H3. The van der Waals surface area contributed by atoms with Crippen LogP contribution in [0.4, 0.5) is 0 Å². The molecule has 2 aromatic carbocycles. The van der Waals surface area contributed by atoms with Gasteiger partial charge in [0.25, 0.3) is 5.91 Å². The predicted molar refractivity (Wildman–Crippen MR) is 86.7 cm³/mol. The molecule has 0 heterocycles. The fourth-order valence-corrected chi connectivity index (χ4v) is 2.28. The Morgan fingerprint density at radius 1 is 1.05 bits per heavy atom. The Bertz CT molecular complexity index is 640. The first-order valence-corrected chi connectivity index (χ1v) is 7.17. The van der Waals surface area contributed by atoms with Crippen molar-refractivity contribution in [3.05, 3.63) is 59.7 Å². The van der Waals surface area contributed by atoms with E-state index in [4.69, 9.17) is 9.47 Å². The summed E-state index contributed by atoms with van der Waals surface area (Å²) < 4.78 is 10.5. The normalized spacial score (nSPS) is 10.1. The molecule has 2 rings (SSSR count). The lowest BCUT2D eigenvalue weighted by molar-refractivity contribution is 0.0796. The molecule has 0 aliphatic rings. The summed E-state index contributed by atoms with van der Waals surface area (Å²) >= 11 is 0. The topological polar surface area (TPSA) is 38.8 Å². The summed E-state index contributed by atoms with van der Waals surface area (Å²) in [5.74, 6) is 1.52. The van der Waals surface area contributed by atoms with Crippen molar-refractivity contribution in [1.29, 1.82) is 0 Å². The maximum atomic E-state index is 12.4. The fourth-order valence-electron chi connectivity index (χ4n) is 2.28. The van der Waals surface area contributed by atoms with Gasteiger partial charge in [-0.15, -0.1) is 0 Å². The van der Waals surface area contributed by atoms with Crippen LogP contribution < -0.4 is 9.47 Å². The summed E-state index contributed by atoms with van der Waals surface area (Å²) in [6.45, 7) is 0.621. The zero-order chi connectivity index (χ0) is 15.9. The van der Waals surface area contributed by atoms with Gasteiger partial charge in [0.15, 0.2) is 0 Å². The summed E-state index contributed by atoms with van der Waals surface area (Å²) in [5, 5.41) is 0. The number of hydrogen-bond acceptors (Lipinski definition) is 3. The number of hydrogen-bond donors (Lipinski definition) is 0. The second-order valence-electron chi connectivity index (χ2n) is 5.02. The first-order valence-electron chi connectivity index (χ1n) is 7.17. The maximum Gasteiger partial charge on any atom is 0.253 e. The predicted octanol–water partition coefficient (Wildman–Crippen LogP) is 3.02. The molecule has 4 heteroatoms. The van der Waals surface area contributed by atoms with Crippen LogP contribution in [0.25, 0.3) is 0 Å². The van der Waals surface area contributed by atoms with Gasteiger partial charge in [0.05, 0.1) is 14.2 Å². The summed E-state index contributed by atoms with van der Waals surface area (Å²) in [6.07, 6.45) is 0.746. The average Bonchev–Trinajstić information content (AvgIpc) is 2.59. The highest BCUT2D eigenvalue weighted by Gasteiger charge is 2.13. The summed E-state index contributed by atoms with van der Waals surface area (Å²) in [4.78, 5) is 14.1. The second-order valence-corrected chi connectivity index (χ2v) is 5.02. The van der Waals surface area contributed by atoms with Gasteiger partial charge in [-0.1, -0.05) is 24.3 Å². The Balaban J connectivity index is 2.02. The first-order chi connectivity index (χ1) is 10.7. The molecule has 0 fully saturated rings. The van der Waals surface area contributed by atoms with Gasteiger partial charge < -0.3 is 14.4 Å². The Kier molecular flexibility index (Phi) is 5.42. The van der Waals surface area contributed by atoms with Crippen LogP contribution >= 0.6 is 0 Å². The van der Waals surface area contributed by atoms with E-state index in [2.05, 4.69) is 0 Å². The average molecular weight is 299 g/mol. The molecule has 22 heavy (non-hydrogen) atoms. The van der Waals surface area contributed by atoms with Gasteiger partial charge in [0, 0.05) is 19.2 Å². The zero-order valence-electron chi connectivity index (χ0n) is 13.2. The van der Waals surface area contributed by atoms with Gasteiger partial charge in [0.1, 0.15) is 11.5 Å². The molecule has 0 unspecified atom stereocenters. The van der Waals surface area contributed by atoms with E-state index in [0.29, 0.717) is 17.9 Å². The second kappa shape index (κ2) is 7.50. The molecule has 0 aliphatic heterocycles. The highest BCUT2D eigenvalue weighted by atomic mass is 16.5. The molecule has 0 spiro atoms. The monoisotopic (exact) mass is 299 g/mol. The van der Waals surface area contributed by atoms with Gasteiger partial charge >= 0.3 is 0 Å². The summed E-state index contributed by atoms with van der Waals surface area (Å²) in [7, 11) is 5.05. The van der Waals surface area contributed by atoms with E-state index in [9.17, 15) is 4.79 Å². The van der Waals surface area contributed by atoms with E-state index in [-0.39, 0.29) is 5.91 Å². The number of carbonyl (C=O) groups excluding carboxylic acids is 1. The lowest BCUT2D eigenvalue weighted by Crippen LogP contribution is -2.28. The van der Waals surface area contributed by atoms with E-state index in [1.54, 1.807) is 38.3 Å². The zero-order valence-corrected chi connectivity index (χ0v) is 13.2. The molecular weight excluding hydrogens is 278 g/mol. The van der Waals surface area contributed by atoms with Crippen LogP contribution in [0, 0.1) is 0 Å². The van der Waals surface area contributed by atoms with Crippen LogP contribution in [0.3, 0.4) is 0 Å². The van der Waals surface area contributed by atoms with Crippen LogP contribution in [0.5, 0.6) is 11.5 Å². The maximum absolute atomic E-state index is 12.4. The van der Waals surface area contributed by atoms with Crippen molar-refractivity contribution in [3.8, 4) is 11.5 Å². The third-order valence-corrected chi connectivity index (χ3v) is 3.57. The van der Waals surface area contributed by atoms with Gasteiger partial charge in [0.2, 0.25) is 0 Å². The van der Waals surface area contributed by atoms with Gasteiger partial charge in [-0.2, -0.15) is 0 Å². The number of rotatable bonds is 6. The van der Waals surface area contributed by atoms with Crippen molar-refractivity contribution in [3.63, 3.8) is 0 Å². The Labute approximate surface area is 131 Å². The van der Waals surface area contributed by atoms with Crippen molar-refractivity contribution in [1.82, 2.24) is 4.90 Å². The highest BCUT2D eigenvalue weighted by molar-refractivity contribution is 5.94. The molecule has 1 amide bonds. The molecular formula is C18H21NO3. The number of likely N-dealkylation sites (N-methyl/N-ethyl adjacent to an activating group) is 1. The minimum atomic E-state index is -0.0196. The minimum Gasteiger partial charge on any atom is -0.497 e. The van der Waals surface area contributed by atoms with Crippen molar-refractivity contribution < 1.29 is 14.3 Å². The lowest BCUT2D eigenvalue weighted by atomic mass is 10.1.